The van der Waals surface area contributed by atoms with Gasteiger partial charge in [-0.1, -0.05) is 6.07 Å². The van der Waals surface area contributed by atoms with Crippen molar-refractivity contribution in [2.75, 3.05) is 10.5 Å². The Balaban J connectivity index is 2.42. The van der Waals surface area contributed by atoms with Gasteiger partial charge in [-0.25, -0.2) is 13.4 Å². The minimum Gasteiger partial charge on any atom is -0.398 e. The lowest BCUT2D eigenvalue weighted by atomic mass is 10.1. The van der Waals surface area contributed by atoms with Crippen molar-refractivity contribution in [2.24, 2.45) is 0 Å². The van der Waals surface area contributed by atoms with Crippen molar-refractivity contribution in [2.45, 2.75) is 18.7 Å². The Labute approximate surface area is 123 Å². The third-order valence-corrected chi connectivity index (χ3v) is 4.45. The van der Waals surface area contributed by atoms with Gasteiger partial charge in [-0.3, -0.25) is 4.72 Å². The second-order valence-electron chi connectivity index (χ2n) is 4.57. The highest BCUT2D eigenvalue weighted by atomic mass is 32.2. The van der Waals surface area contributed by atoms with Gasteiger partial charge < -0.3 is 5.73 Å². The number of aryl methyl sites for hydroxylation is 1. The van der Waals surface area contributed by atoms with Gasteiger partial charge in [0.2, 0.25) is 0 Å². The van der Waals surface area contributed by atoms with Crippen LogP contribution in [0.1, 0.15) is 16.8 Å². The van der Waals surface area contributed by atoms with Crippen molar-refractivity contribution < 1.29 is 8.42 Å². The summed E-state index contributed by atoms with van der Waals surface area (Å²) in [6, 6.07) is 8.01. The molecule has 108 valence electrons. The van der Waals surface area contributed by atoms with Gasteiger partial charge in [-0.05, 0) is 43.2 Å². The first-order valence-electron chi connectivity index (χ1n) is 6.10. The highest BCUT2D eigenvalue weighted by Gasteiger charge is 2.17. The molecule has 0 spiro atoms. The topological polar surface area (TPSA) is 109 Å². The van der Waals surface area contributed by atoms with Gasteiger partial charge in [0.25, 0.3) is 10.0 Å². The number of nitrogen functional groups attached to an aromatic ring is 1. The molecule has 1 aromatic heterocycles. The minimum atomic E-state index is -3.78. The Hall–Kier alpha value is -2.59. The fourth-order valence-corrected chi connectivity index (χ4v) is 2.96. The first-order valence-corrected chi connectivity index (χ1v) is 7.58. The molecule has 0 unspecified atom stereocenters. The number of aromatic nitrogens is 1. The fourth-order valence-electron chi connectivity index (χ4n) is 1.82. The number of nitrogens with one attached hydrogen (secondary N) is 1. The maximum atomic E-state index is 12.3. The van der Waals surface area contributed by atoms with Gasteiger partial charge in [0.15, 0.2) is 0 Å². The molecule has 0 aliphatic carbocycles. The van der Waals surface area contributed by atoms with Crippen LogP contribution in [-0.4, -0.2) is 13.4 Å². The van der Waals surface area contributed by atoms with E-state index in [0.29, 0.717) is 16.9 Å². The smallest absolute Gasteiger partial charge is 0.263 e. The van der Waals surface area contributed by atoms with E-state index < -0.39 is 10.0 Å². The molecule has 2 aromatic rings. The third-order valence-electron chi connectivity index (χ3n) is 3.11. The van der Waals surface area contributed by atoms with Crippen LogP contribution in [0, 0.1) is 25.2 Å². The lowest BCUT2D eigenvalue weighted by Crippen LogP contribution is -2.15. The lowest BCUT2D eigenvalue weighted by molar-refractivity contribution is 0.600. The summed E-state index contributed by atoms with van der Waals surface area (Å²) in [6.07, 6.45) is 1.15. The zero-order valence-corrected chi connectivity index (χ0v) is 12.4. The average Bonchev–Trinajstić information content (AvgIpc) is 2.48. The second-order valence-corrected chi connectivity index (χ2v) is 6.25. The maximum absolute atomic E-state index is 12.3. The van der Waals surface area contributed by atoms with E-state index in [1.165, 1.54) is 12.1 Å². The zero-order chi connectivity index (χ0) is 15.6. The molecular formula is C14H14N4O2S. The van der Waals surface area contributed by atoms with E-state index >= 15 is 0 Å². The predicted molar refractivity (Wildman–Crippen MR) is 80.1 cm³/mol. The number of nitrogens with zero attached hydrogens (tertiary/aromatic N) is 2. The minimum absolute atomic E-state index is 0.0114. The van der Waals surface area contributed by atoms with Crippen LogP contribution in [0.5, 0.6) is 0 Å². The molecular weight excluding hydrogens is 288 g/mol. The monoisotopic (exact) mass is 302 g/mol. The normalized spacial score (nSPS) is 10.9. The number of hydrogen-bond acceptors (Lipinski definition) is 5. The summed E-state index contributed by atoms with van der Waals surface area (Å²) < 4.78 is 27.2. The summed E-state index contributed by atoms with van der Waals surface area (Å²) in [4.78, 5) is 3.75. The average molecular weight is 302 g/mol. The molecule has 7 heteroatoms. The Morgan fingerprint density at radius 3 is 2.52 bits per heavy atom. The van der Waals surface area contributed by atoms with Crippen LogP contribution in [0.25, 0.3) is 0 Å². The summed E-state index contributed by atoms with van der Waals surface area (Å²) in [6.45, 7) is 3.54. The van der Waals surface area contributed by atoms with Crippen LogP contribution >= 0.6 is 0 Å². The largest absolute Gasteiger partial charge is 0.398 e. The van der Waals surface area contributed by atoms with Gasteiger partial charge >= 0.3 is 0 Å². The van der Waals surface area contributed by atoms with Crippen LogP contribution in [0.4, 0.5) is 11.4 Å². The molecule has 0 aliphatic heterocycles. The van der Waals surface area contributed by atoms with Gasteiger partial charge in [-0.15, -0.1) is 0 Å². The van der Waals surface area contributed by atoms with Crippen molar-refractivity contribution in [3.05, 3.63) is 47.3 Å². The fraction of sp³-hybridized carbons (Fsp3) is 0.143. The number of nitrogens with two attached hydrogens (primary N) is 1. The van der Waals surface area contributed by atoms with Crippen LogP contribution in [0.2, 0.25) is 0 Å². The number of sulfonamides is 1. The van der Waals surface area contributed by atoms with E-state index in [1.807, 2.05) is 6.07 Å². The summed E-state index contributed by atoms with van der Waals surface area (Å²) in [5.41, 5.74) is 8.36. The zero-order valence-electron chi connectivity index (χ0n) is 11.6. The molecule has 0 radical (unpaired) electrons. The Morgan fingerprint density at radius 2 is 1.95 bits per heavy atom. The Bertz CT molecular complexity index is 821. The third kappa shape index (κ3) is 2.95. The lowest BCUT2D eigenvalue weighted by Gasteiger charge is -2.14. The van der Waals surface area contributed by atoms with E-state index in [0.717, 1.165) is 11.8 Å². The summed E-state index contributed by atoms with van der Waals surface area (Å²) in [7, 11) is -3.78. The SMILES string of the molecule is Cc1ccc(N)c(C)c1NS(=O)(=O)c1ccc(C#N)nc1. The number of anilines is 2. The maximum Gasteiger partial charge on any atom is 0.263 e. The van der Waals surface area contributed by atoms with Gasteiger partial charge in [0.1, 0.15) is 16.7 Å². The van der Waals surface area contributed by atoms with Gasteiger partial charge in [0.05, 0.1) is 5.69 Å². The van der Waals surface area contributed by atoms with E-state index in [2.05, 4.69) is 9.71 Å². The molecule has 6 nitrogen and oxygen atoms in total. The highest BCUT2D eigenvalue weighted by molar-refractivity contribution is 7.92. The van der Waals surface area contributed by atoms with E-state index in [1.54, 1.807) is 26.0 Å². The summed E-state index contributed by atoms with van der Waals surface area (Å²) in [5.74, 6) is 0. The highest BCUT2D eigenvalue weighted by Crippen LogP contribution is 2.27. The molecule has 0 fully saturated rings. The van der Waals surface area contributed by atoms with Crippen LogP contribution in [0.3, 0.4) is 0 Å². The first-order chi connectivity index (χ1) is 9.85. The van der Waals surface area contributed by atoms with Crippen molar-refractivity contribution in [1.82, 2.24) is 4.98 Å². The van der Waals surface area contributed by atoms with Gasteiger partial charge in [0, 0.05) is 11.9 Å². The van der Waals surface area contributed by atoms with Crippen molar-refractivity contribution in [3.63, 3.8) is 0 Å². The quantitative estimate of drug-likeness (QED) is 0.842. The number of rotatable bonds is 3. The first kappa shape index (κ1) is 14.8. The summed E-state index contributed by atoms with van der Waals surface area (Å²) >= 11 is 0. The van der Waals surface area contributed by atoms with Gasteiger partial charge in [-0.2, -0.15) is 5.26 Å². The molecule has 0 aliphatic rings. The predicted octanol–water partition coefficient (Wildman–Crippen LogP) is 1.95. The molecule has 0 saturated heterocycles. The van der Waals surface area contributed by atoms with E-state index in [4.69, 9.17) is 11.0 Å². The molecule has 0 saturated carbocycles. The van der Waals surface area contributed by atoms with Crippen LogP contribution in [0.15, 0.2) is 35.4 Å². The van der Waals surface area contributed by atoms with Crippen LogP contribution in [-0.2, 0) is 10.0 Å². The van der Waals surface area contributed by atoms with E-state index in [-0.39, 0.29) is 10.6 Å². The molecule has 1 aromatic carbocycles. The standard InChI is InChI=1S/C14H14N4O2S/c1-9-3-6-13(16)10(2)14(9)18-21(19,20)12-5-4-11(7-15)17-8-12/h3-6,8,18H,16H2,1-2H3. The number of benzene rings is 1. The van der Waals surface area contributed by atoms with E-state index in [9.17, 15) is 8.42 Å². The molecule has 1 heterocycles. The molecule has 3 N–H and O–H groups in total. The number of nitriles is 1. The Kier molecular flexibility index (Phi) is 3.82. The molecule has 0 atom stereocenters. The van der Waals surface area contributed by atoms with Crippen molar-refractivity contribution in [3.8, 4) is 6.07 Å². The molecule has 0 bridgehead atoms. The number of pyridine rings is 1. The summed E-state index contributed by atoms with van der Waals surface area (Å²) in [5, 5.41) is 8.68. The molecule has 0 amide bonds. The second kappa shape index (κ2) is 5.42. The van der Waals surface area contributed by atoms with Crippen molar-refractivity contribution in [1.29, 1.82) is 5.26 Å². The molecule has 2 rings (SSSR count). The molecule has 21 heavy (non-hydrogen) atoms. The van der Waals surface area contributed by atoms with Crippen LogP contribution < -0.4 is 10.5 Å². The number of hydrogen-bond donors (Lipinski definition) is 2. The Morgan fingerprint density at radius 1 is 1.24 bits per heavy atom. The van der Waals surface area contributed by atoms with Crippen molar-refractivity contribution >= 4 is 21.4 Å².